The molecule has 0 bridgehead atoms. The molecular formula is C12H10ClN3O3S2. The highest BCUT2D eigenvalue weighted by molar-refractivity contribution is 7.92. The van der Waals surface area contributed by atoms with E-state index in [0.29, 0.717) is 10.6 Å². The van der Waals surface area contributed by atoms with Crippen LogP contribution in [-0.2, 0) is 10.0 Å². The predicted octanol–water partition coefficient (Wildman–Crippen LogP) is 2.58. The molecule has 0 aliphatic heterocycles. The first kappa shape index (κ1) is 14.2. The van der Waals surface area contributed by atoms with Crippen molar-refractivity contribution in [3.8, 4) is 5.75 Å². The summed E-state index contributed by atoms with van der Waals surface area (Å²) < 4.78 is 28.0. The lowest BCUT2D eigenvalue weighted by molar-refractivity contribution is 0.475. The van der Waals surface area contributed by atoms with E-state index in [1.165, 1.54) is 47.1 Å². The quantitative estimate of drug-likeness (QED) is 0.793. The second-order valence-corrected chi connectivity index (χ2v) is 7.37. The molecule has 0 aliphatic carbocycles. The van der Waals surface area contributed by atoms with Crippen LogP contribution in [0, 0.1) is 0 Å². The Kier molecular flexibility index (Phi) is 3.31. The van der Waals surface area contributed by atoms with Gasteiger partial charge in [-0.15, -0.1) is 11.3 Å². The Morgan fingerprint density at radius 2 is 2.00 bits per heavy atom. The number of sulfonamides is 1. The molecule has 0 fully saturated rings. The van der Waals surface area contributed by atoms with Gasteiger partial charge in [-0.1, -0.05) is 11.6 Å². The molecule has 1 N–H and O–H groups in total. The molecule has 3 aromatic rings. The number of halogens is 1. The summed E-state index contributed by atoms with van der Waals surface area (Å²) in [5, 5.41) is 10.9. The van der Waals surface area contributed by atoms with Gasteiger partial charge in [0.05, 0.1) is 5.69 Å². The number of fused-ring (bicyclic) bond motifs is 1. The third kappa shape index (κ3) is 2.25. The zero-order valence-electron chi connectivity index (χ0n) is 10.8. The van der Waals surface area contributed by atoms with E-state index >= 15 is 0 Å². The molecule has 2 heterocycles. The van der Waals surface area contributed by atoms with Crippen molar-refractivity contribution in [3.63, 3.8) is 0 Å². The maximum Gasteiger partial charge on any atom is 0.283 e. The van der Waals surface area contributed by atoms with Crippen LogP contribution in [0.5, 0.6) is 5.75 Å². The van der Waals surface area contributed by atoms with Crippen LogP contribution >= 0.6 is 22.9 Å². The van der Waals surface area contributed by atoms with E-state index in [4.69, 9.17) is 11.6 Å². The summed E-state index contributed by atoms with van der Waals surface area (Å²) in [5.41, 5.74) is 0.411. The van der Waals surface area contributed by atoms with E-state index < -0.39 is 10.0 Å². The summed E-state index contributed by atoms with van der Waals surface area (Å²) in [5.74, 6) is 0.0622. The van der Waals surface area contributed by atoms with Crippen LogP contribution in [-0.4, -0.2) is 30.0 Å². The van der Waals surface area contributed by atoms with Crippen LogP contribution in [0.25, 0.3) is 4.96 Å². The number of hydrogen-bond acceptors (Lipinski definition) is 5. The van der Waals surface area contributed by atoms with Gasteiger partial charge in [0.2, 0.25) is 0 Å². The lowest BCUT2D eigenvalue weighted by Gasteiger charge is -2.19. The second-order valence-electron chi connectivity index (χ2n) is 4.25. The van der Waals surface area contributed by atoms with Crippen LogP contribution in [0.4, 0.5) is 5.69 Å². The number of rotatable bonds is 3. The van der Waals surface area contributed by atoms with E-state index in [1.54, 1.807) is 11.6 Å². The Bertz CT molecular complexity index is 900. The second kappa shape index (κ2) is 4.90. The topological polar surface area (TPSA) is 74.9 Å². The molecule has 21 heavy (non-hydrogen) atoms. The fraction of sp³-hybridized carbons (Fsp3) is 0.0833. The van der Waals surface area contributed by atoms with Gasteiger partial charge in [0.25, 0.3) is 10.0 Å². The van der Waals surface area contributed by atoms with Crippen molar-refractivity contribution in [2.75, 3.05) is 11.4 Å². The van der Waals surface area contributed by atoms with Crippen molar-refractivity contribution >= 4 is 43.6 Å². The average Bonchev–Trinajstić information content (AvgIpc) is 2.98. The van der Waals surface area contributed by atoms with Crippen molar-refractivity contribution < 1.29 is 13.5 Å². The number of benzene rings is 1. The highest BCUT2D eigenvalue weighted by Crippen LogP contribution is 2.30. The highest BCUT2D eigenvalue weighted by Gasteiger charge is 2.29. The Labute approximate surface area is 129 Å². The molecule has 0 radical (unpaired) electrons. The molecule has 0 atom stereocenters. The van der Waals surface area contributed by atoms with Gasteiger partial charge in [0.1, 0.15) is 5.75 Å². The minimum atomic E-state index is -3.86. The minimum Gasteiger partial charge on any atom is -0.508 e. The van der Waals surface area contributed by atoms with Crippen LogP contribution in [0.15, 0.2) is 40.9 Å². The third-order valence-electron chi connectivity index (χ3n) is 3.00. The number of thiazole rings is 1. The monoisotopic (exact) mass is 343 g/mol. The molecule has 0 spiro atoms. The molecule has 0 unspecified atom stereocenters. The van der Waals surface area contributed by atoms with Gasteiger partial charge in [-0.2, -0.15) is 8.42 Å². The fourth-order valence-corrected chi connectivity index (χ4v) is 4.50. The Balaban J connectivity index is 2.13. The summed E-state index contributed by atoms with van der Waals surface area (Å²) >= 11 is 7.28. The van der Waals surface area contributed by atoms with Crippen LogP contribution in [0.1, 0.15) is 0 Å². The fourth-order valence-electron chi connectivity index (χ4n) is 1.90. The maximum absolute atomic E-state index is 12.7. The zero-order valence-corrected chi connectivity index (χ0v) is 13.2. The predicted molar refractivity (Wildman–Crippen MR) is 81.8 cm³/mol. The molecular weight excluding hydrogens is 334 g/mol. The number of phenols is 1. The third-order valence-corrected chi connectivity index (χ3v) is 5.94. The van der Waals surface area contributed by atoms with Crippen molar-refractivity contribution in [3.05, 3.63) is 41.0 Å². The number of aromatic nitrogens is 2. The van der Waals surface area contributed by atoms with Crippen molar-refractivity contribution in [1.82, 2.24) is 9.38 Å². The summed E-state index contributed by atoms with van der Waals surface area (Å²) in [7, 11) is -2.44. The Morgan fingerprint density at radius 1 is 1.33 bits per heavy atom. The molecule has 0 aliphatic rings. The number of imidazole rings is 1. The van der Waals surface area contributed by atoms with E-state index in [9.17, 15) is 13.5 Å². The van der Waals surface area contributed by atoms with Gasteiger partial charge >= 0.3 is 0 Å². The largest absolute Gasteiger partial charge is 0.508 e. The van der Waals surface area contributed by atoms with Crippen LogP contribution in [0.3, 0.4) is 0 Å². The molecule has 1 aromatic carbocycles. The van der Waals surface area contributed by atoms with Gasteiger partial charge in [-0.3, -0.25) is 8.71 Å². The highest BCUT2D eigenvalue weighted by atomic mass is 35.5. The first-order valence-electron chi connectivity index (χ1n) is 5.80. The number of hydrogen-bond donors (Lipinski definition) is 1. The molecule has 0 saturated heterocycles. The maximum atomic E-state index is 12.7. The molecule has 0 saturated carbocycles. The molecule has 0 amide bonds. The lowest BCUT2D eigenvalue weighted by Crippen LogP contribution is -2.27. The zero-order chi connectivity index (χ0) is 15.2. The summed E-state index contributed by atoms with van der Waals surface area (Å²) in [4.78, 5) is 4.54. The summed E-state index contributed by atoms with van der Waals surface area (Å²) in [6.07, 6.45) is 1.61. The number of aromatic hydroxyl groups is 1. The molecule has 110 valence electrons. The van der Waals surface area contributed by atoms with Crippen LogP contribution in [0.2, 0.25) is 5.15 Å². The van der Waals surface area contributed by atoms with E-state index in [1.807, 2.05) is 0 Å². The van der Waals surface area contributed by atoms with E-state index in [-0.39, 0.29) is 15.9 Å². The standard InChI is InChI=1S/C12H10ClN3O3S2/c1-15(8-2-4-9(17)5-3-8)21(18,19)11-10(13)14-12-16(11)6-7-20-12/h2-7,17H,1H3. The van der Waals surface area contributed by atoms with Crippen molar-refractivity contribution in [2.45, 2.75) is 5.03 Å². The Morgan fingerprint density at radius 3 is 2.67 bits per heavy atom. The average molecular weight is 344 g/mol. The SMILES string of the molecule is CN(c1ccc(O)cc1)S(=O)(=O)c1c(Cl)nc2sccn12. The minimum absolute atomic E-state index is 0.0622. The number of phenolic OH excluding ortho intramolecular Hbond substituents is 1. The normalized spacial score (nSPS) is 11.9. The molecule has 2 aromatic heterocycles. The molecule has 3 rings (SSSR count). The molecule has 9 heteroatoms. The van der Waals surface area contributed by atoms with Gasteiger partial charge < -0.3 is 5.11 Å². The van der Waals surface area contributed by atoms with Gasteiger partial charge in [0.15, 0.2) is 15.1 Å². The van der Waals surface area contributed by atoms with Crippen molar-refractivity contribution in [2.24, 2.45) is 0 Å². The number of anilines is 1. The Hall–Kier alpha value is -1.77. The van der Waals surface area contributed by atoms with E-state index in [2.05, 4.69) is 4.98 Å². The smallest absolute Gasteiger partial charge is 0.283 e. The van der Waals surface area contributed by atoms with Crippen LogP contribution < -0.4 is 4.31 Å². The van der Waals surface area contributed by atoms with Gasteiger partial charge in [0, 0.05) is 18.6 Å². The first-order chi connectivity index (χ1) is 9.91. The van der Waals surface area contributed by atoms with Gasteiger partial charge in [-0.25, -0.2) is 4.98 Å². The lowest BCUT2D eigenvalue weighted by atomic mass is 10.3. The first-order valence-corrected chi connectivity index (χ1v) is 8.50. The van der Waals surface area contributed by atoms with Gasteiger partial charge in [-0.05, 0) is 24.3 Å². The van der Waals surface area contributed by atoms with Crippen molar-refractivity contribution in [1.29, 1.82) is 0 Å². The number of nitrogens with zero attached hydrogens (tertiary/aromatic N) is 3. The van der Waals surface area contributed by atoms with E-state index in [0.717, 1.165) is 4.31 Å². The molecule has 6 nitrogen and oxygen atoms in total. The summed E-state index contributed by atoms with van der Waals surface area (Å²) in [6.45, 7) is 0. The summed E-state index contributed by atoms with van der Waals surface area (Å²) in [6, 6.07) is 5.85.